The molecule has 0 saturated heterocycles. The van der Waals surface area contributed by atoms with Crippen LogP contribution in [-0.4, -0.2) is 0 Å². The summed E-state index contributed by atoms with van der Waals surface area (Å²) in [5, 5.41) is 0. The van der Waals surface area contributed by atoms with Crippen molar-refractivity contribution in [2.45, 2.75) is 25.3 Å². The molecule has 0 amide bonds. The fourth-order valence-electron chi connectivity index (χ4n) is 1.43. The van der Waals surface area contributed by atoms with Gasteiger partial charge in [-0.1, -0.05) is 28.1 Å². The van der Waals surface area contributed by atoms with Crippen molar-refractivity contribution in [3.05, 3.63) is 33.8 Å². The summed E-state index contributed by atoms with van der Waals surface area (Å²) in [5.74, 6) is 0. The minimum Gasteiger partial charge on any atom is -0.321 e. The van der Waals surface area contributed by atoms with Crippen molar-refractivity contribution in [2.75, 3.05) is 0 Å². The molecule has 0 heterocycles. The normalized spacial score (nSPS) is 19.2. The van der Waals surface area contributed by atoms with Crippen LogP contribution in [0, 0.1) is 6.92 Å². The van der Waals surface area contributed by atoms with Crippen LogP contribution in [0.1, 0.15) is 24.0 Å². The Morgan fingerprint density at radius 1 is 1.42 bits per heavy atom. The highest BCUT2D eigenvalue weighted by molar-refractivity contribution is 9.10. The summed E-state index contributed by atoms with van der Waals surface area (Å²) in [6.07, 6.45) is 2.24. The molecular weight excluding hydrogens is 214 g/mol. The first-order chi connectivity index (χ1) is 5.62. The number of rotatable bonds is 1. The smallest absolute Gasteiger partial charge is 0.0422 e. The lowest BCUT2D eigenvalue weighted by atomic mass is 10.0. The summed E-state index contributed by atoms with van der Waals surface area (Å²) < 4.78 is 1.16. The van der Waals surface area contributed by atoms with E-state index in [-0.39, 0.29) is 5.54 Å². The van der Waals surface area contributed by atoms with E-state index in [0.717, 1.165) is 17.3 Å². The fraction of sp³-hybridized carbons (Fsp3) is 0.400. The van der Waals surface area contributed by atoms with Gasteiger partial charge in [0.25, 0.3) is 0 Å². The molecule has 0 atom stereocenters. The van der Waals surface area contributed by atoms with Crippen LogP contribution in [0.2, 0.25) is 0 Å². The molecule has 1 saturated carbocycles. The summed E-state index contributed by atoms with van der Waals surface area (Å²) >= 11 is 3.54. The summed E-state index contributed by atoms with van der Waals surface area (Å²) in [7, 11) is 0. The summed E-state index contributed by atoms with van der Waals surface area (Å²) in [4.78, 5) is 0. The van der Waals surface area contributed by atoms with E-state index >= 15 is 0 Å². The fourth-order valence-corrected chi connectivity index (χ4v) is 2.32. The van der Waals surface area contributed by atoms with Gasteiger partial charge < -0.3 is 5.73 Å². The lowest BCUT2D eigenvalue weighted by Gasteiger charge is -2.11. The Balaban J connectivity index is 2.45. The monoisotopic (exact) mass is 225 g/mol. The Kier molecular flexibility index (Phi) is 1.77. The highest BCUT2D eigenvalue weighted by atomic mass is 79.9. The van der Waals surface area contributed by atoms with E-state index in [0.29, 0.717) is 0 Å². The second-order valence-electron chi connectivity index (χ2n) is 3.64. The van der Waals surface area contributed by atoms with Crippen LogP contribution in [-0.2, 0) is 5.54 Å². The third-order valence-electron chi connectivity index (χ3n) is 2.45. The summed E-state index contributed by atoms with van der Waals surface area (Å²) in [6, 6.07) is 6.38. The zero-order valence-electron chi connectivity index (χ0n) is 7.10. The Bertz CT molecular complexity index is 316. The zero-order chi connectivity index (χ0) is 8.77. The van der Waals surface area contributed by atoms with Gasteiger partial charge in [-0.05, 0) is 37.0 Å². The number of halogens is 1. The van der Waals surface area contributed by atoms with Gasteiger partial charge >= 0.3 is 0 Å². The van der Waals surface area contributed by atoms with Gasteiger partial charge in [-0.3, -0.25) is 0 Å². The van der Waals surface area contributed by atoms with Crippen molar-refractivity contribution < 1.29 is 0 Å². The molecule has 1 aromatic carbocycles. The molecule has 2 N–H and O–H groups in total. The predicted molar refractivity (Wildman–Crippen MR) is 54.0 cm³/mol. The van der Waals surface area contributed by atoms with E-state index in [1.807, 2.05) is 0 Å². The maximum absolute atomic E-state index is 6.09. The van der Waals surface area contributed by atoms with Gasteiger partial charge in [0.1, 0.15) is 0 Å². The lowest BCUT2D eigenvalue weighted by Crippen LogP contribution is -2.19. The van der Waals surface area contributed by atoms with Crippen molar-refractivity contribution in [3.8, 4) is 0 Å². The minimum atomic E-state index is -0.0213. The van der Waals surface area contributed by atoms with Crippen molar-refractivity contribution >= 4 is 15.9 Å². The Labute approximate surface area is 81.1 Å². The highest BCUT2D eigenvalue weighted by Gasteiger charge is 2.41. The van der Waals surface area contributed by atoms with E-state index in [1.165, 1.54) is 11.1 Å². The SMILES string of the molecule is Cc1ccc(C2(N)CC2)c(Br)c1. The Morgan fingerprint density at radius 2 is 2.08 bits per heavy atom. The lowest BCUT2D eigenvalue weighted by molar-refractivity contribution is 0.735. The molecule has 2 heteroatoms. The quantitative estimate of drug-likeness (QED) is 0.782. The Morgan fingerprint density at radius 3 is 2.58 bits per heavy atom. The van der Waals surface area contributed by atoms with Crippen LogP contribution >= 0.6 is 15.9 Å². The molecule has 1 nitrogen and oxygen atoms in total. The van der Waals surface area contributed by atoms with Gasteiger partial charge in [-0.25, -0.2) is 0 Å². The van der Waals surface area contributed by atoms with Gasteiger partial charge in [-0.2, -0.15) is 0 Å². The molecule has 64 valence electrons. The van der Waals surface area contributed by atoms with E-state index in [2.05, 4.69) is 41.1 Å². The maximum atomic E-state index is 6.09. The van der Waals surface area contributed by atoms with Gasteiger partial charge in [0.2, 0.25) is 0 Å². The maximum Gasteiger partial charge on any atom is 0.0422 e. The number of aryl methyl sites for hydroxylation is 1. The first-order valence-corrected chi connectivity index (χ1v) is 4.97. The van der Waals surface area contributed by atoms with Crippen molar-refractivity contribution in [3.63, 3.8) is 0 Å². The second kappa shape index (κ2) is 2.57. The molecule has 0 spiro atoms. The van der Waals surface area contributed by atoms with Crippen molar-refractivity contribution in [1.29, 1.82) is 0 Å². The number of hydrogen-bond donors (Lipinski definition) is 1. The third-order valence-corrected chi connectivity index (χ3v) is 3.11. The molecule has 0 bridgehead atoms. The van der Waals surface area contributed by atoms with E-state index in [9.17, 15) is 0 Å². The molecule has 1 aromatic rings. The second-order valence-corrected chi connectivity index (χ2v) is 4.49. The van der Waals surface area contributed by atoms with Gasteiger partial charge in [0.05, 0.1) is 0 Å². The van der Waals surface area contributed by atoms with Crippen LogP contribution in [0.15, 0.2) is 22.7 Å². The van der Waals surface area contributed by atoms with Gasteiger partial charge in [-0.15, -0.1) is 0 Å². The van der Waals surface area contributed by atoms with E-state index < -0.39 is 0 Å². The van der Waals surface area contributed by atoms with Crippen LogP contribution in [0.3, 0.4) is 0 Å². The Hall–Kier alpha value is -0.340. The zero-order valence-corrected chi connectivity index (χ0v) is 8.69. The molecule has 12 heavy (non-hydrogen) atoms. The van der Waals surface area contributed by atoms with E-state index in [1.54, 1.807) is 0 Å². The first-order valence-electron chi connectivity index (χ1n) is 4.17. The number of hydrogen-bond acceptors (Lipinski definition) is 1. The average Bonchev–Trinajstić information content (AvgIpc) is 2.68. The van der Waals surface area contributed by atoms with Crippen LogP contribution in [0.5, 0.6) is 0 Å². The topological polar surface area (TPSA) is 26.0 Å². The summed E-state index contributed by atoms with van der Waals surface area (Å²) in [5.41, 5.74) is 8.60. The number of nitrogens with two attached hydrogens (primary N) is 1. The van der Waals surface area contributed by atoms with Crippen LogP contribution in [0.25, 0.3) is 0 Å². The average molecular weight is 226 g/mol. The molecule has 1 aliphatic carbocycles. The van der Waals surface area contributed by atoms with Crippen molar-refractivity contribution in [2.24, 2.45) is 5.73 Å². The standard InChI is InChI=1S/C10H12BrN/c1-7-2-3-8(9(11)6-7)10(12)4-5-10/h2-3,6H,4-5,12H2,1H3. The van der Waals surface area contributed by atoms with Crippen LogP contribution < -0.4 is 5.73 Å². The van der Waals surface area contributed by atoms with Gasteiger partial charge in [0, 0.05) is 10.0 Å². The van der Waals surface area contributed by atoms with Gasteiger partial charge in [0.15, 0.2) is 0 Å². The summed E-state index contributed by atoms with van der Waals surface area (Å²) in [6.45, 7) is 2.09. The molecule has 0 aliphatic heterocycles. The van der Waals surface area contributed by atoms with E-state index in [4.69, 9.17) is 5.73 Å². The van der Waals surface area contributed by atoms with Crippen molar-refractivity contribution in [1.82, 2.24) is 0 Å². The molecule has 0 unspecified atom stereocenters. The predicted octanol–water partition coefficient (Wildman–Crippen LogP) is 2.71. The highest BCUT2D eigenvalue weighted by Crippen LogP contribution is 2.45. The molecule has 0 radical (unpaired) electrons. The largest absolute Gasteiger partial charge is 0.321 e. The molecule has 2 rings (SSSR count). The molecule has 0 aromatic heterocycles. The first kappa shape index (κ1) is 8.27. The third kappa shape index (κ3) is 1.29. The molecule has 1 fully saturated rings. The van der Waals surface area contributed by atoms with Crippen LogP contribution in [0.4, 0.5) is 0 Å². The molecular formula is C10H12BrN. The molecule has 1 aliphatic rings. The minimum absolute atomic E-state index is 0.0213. The number of benzene rings is 1.